The molecule has 1 atom stereocenters. The highest BCUT2D eigenvalue weighted by Crippen LogP contribution is 2.29. The quantitative estimate of drug-likeness (QED) is 0.722. The summed E-state index contributed by atoms with van der Waals surface area (Å²) >= 11 is 0. The highest BCUT2D eigenvalue weighted by atomic mass is 16.3. The van der Waals surface area contributed by atoms with Gasteiger partial charge in [-0.1, -0.05) is 42.5 Å². The Hall–Kier alpha value is -2.06. The lowest BCUT2D eigenvalue weighted by Crippen LogP contribution is -2.04. The van der Waals surface area contributed by atoms with E-state index in [-0.39, 0.29) is 12.5 Å². The number of benzene rings is 1. The van der Waals surface area contributed by atoms with E-state index in [4.69, 9.17) is 4.42 Å². The normalized spacial score (nSPS) is 12.6. The van der Waals surface area contributed by atoms with Gasteiger partial charge in [-0.3, -0.25) is 0 Å². The third-order valence-electron chi connectivity index (χ3n) is 4.12. The third kappa shape index (κ3) is 3.17. The van der Waals surface area contributed by atoms with Crippen LogP contribution < -0.4 is 0 Å². The molecule has 0 aromatic heterocycles. The van der Waals surface area contributed by atoms with Gasteiger partial charge in [0.25, 0.3) is 0 Å². The molecule has 2 nitrogen and oxygen atoms in total. The molecule has 0 radical (unpaired) electrons. The Balaban J connectivity index is 1.61. The lowest BCUT2D eigenvalue weighted by molar-refractivity contribution is 0.257. The molecule has 1 aliphatic heterocycles. The second-order valence-electron chi connectivity index (χ2n) is 5.47. The molecular weight excluding hydrogens is 260 g/mol. The summed E-state index contributed by atoms with van der Waals surface area (Å²) in [6.45, 7) is 0.213. The summed E-state index contributed by atoms with van der Waals surface area (Å²) in [5, 5.41) is 9.60. The summed E-state index contributed by atoms with van der Waals surface area (Å²) in [6, 6.07) is 16.6. The third-order valence-corrected chi connectivity index (χ3v) is 4.12. The van der Waals surface area contributed by atoms with Gasteiger partial charge in [0, 0.05) is 18.1 Å². The fourth-order valence-corrected chi connectivity index (χ4v) is 2.93. The molecule has 0 saturated carbocycles. The van der Waals surface area contributed by atoms with E-state index in [1.54, 1.807) is 12.5 Å². The van der Waals surface area contributed by atoms with Crippen LogP contribution in [0.25, 0.3) is 11.1 Å². The second kappa shape index (κ2) is 6.59. The van der Waals surface area contributed by atoms with E-state index in [2.05, 4.69) is 24.3 Å². The van der Waals surface area contributed by atoms with Crippen LogP contribution in [0, 0.1) is 0 Å². The standard InChI is InChI=1S/C19H20O2/c20-13-17(15-5-2-1-3-6-15)8-4-7-16-9-10-18-14-21-12-11-19(16)18/h1-3,5-6,9-12,14,17,20H,4,7-8,13H2/t17-/m0/s1. The predicted molar refractivity (Wildman–Crippen MR) is 84.5 cm³/mol. The molecule has 108 valence electrons. The number of aliphatic hydroxyl groups is 1. The van der Waals surface area contributed by atoms with Gasteiger partial charge in [-0.2, -0.15) is 0 Å². The van der Waals surface area contributed by atoms with E-state index in [0.29, 0.717) is 0 Å². The maximum Gasteiger partial charge on any atom is 0.0979 e. The average Bonchev–Trinajstić information content (AvgIpc) is 2.96. The zero-order valence-electron chi connectivity index (χ0n) is 12.0. The zero-order valence-corrected chi connectivity index (χ0v) is 12.0. The van der Waals surface area contributed by atoms with Crippen LogP contribution in [0.3, 0.4) is 0 Å². The van der Waals surface area contributed by atoms with E-state index < -0.39 is 0 Å². The molecule has 0 fully saturated rings. The van der Waals surface area contributed by atoms with Crippen LogP contribution in [0.1, 0.15) is 29.9 Å². The maximum atomic E-state index is 9.60. The Morgan fingerprint density at radius 3 is 2.67 bits per heavy atom. The van der Waals surface area contributed by atoms with Crippen LogP contribution in [0.5, 0.6) is 0 Å². The smallest absolute Gasteiger partial charge is 0.0979 e. The van der Waals surface area contributed by atoms with Crippen LogP contribution in [0.15, 0.2) is 65.5 Å². The predicted octanol–water partition coefficient (Wildman–Crippen LogP) is 4.48. The van der Waals surface area contributed by atoms with E-state index >= 15 is 0 Å². The summed E-state index contributed by atoms with van der Waals surface area (Å²) in [6.07, 6.45) is 6.64. The van der Waals surface area contributed by atoms with Crippen molar-refractivity contribution in [3.63, 3.8) is 0 Å². The van der Waals surface area contributed by atoms with Gasteiger partial charge in [-0.15, -0.1) is 0 Å². The Morgan fingerprint density at radius 1 is 1.00 bits per heavy atom. The monoisotopic (exact) mass is 280 g/mol. The van der Waals surface area contributed by atoms with Crippen LogP contribution in [-0.4, -0.2) is 11.7 Å². The van der Waals surface area contributed by atoms with Crippen molar-refractivity contribution in [2.75, 3.05) is 6.61 Å². The summed E-state index contributed by atoms with van der Waals surface area (Å²) in [7, 11) is 0. The van der Waals surface area contributed by atoms with Crippen molar-refractivity contribution in [2.45, 2.75) is 25.2 Å². The number of hydrogen-bond donors (Lipinski definition) is 1. The number of hydrogen-bond acceptors (Lipinski definition) is 2. The van der Waals surface area contributed by atoms with Gasteiger partial charge in [0.2, 0.25) is 0 Å². The molecular formula is C19H20O2. The fraction of sp³-hybridized carbons (Fsp3) is 0.263. The zero-order chi connectivity index (χ0) is 14.5. The van der Waals surface area contributed by atoms with Gasteiger partial charge in [0.05, 0.1) is 12.5 Å². The molecule has 3 rings (SSSR count). The summed E-state index contributed by atoms with van der Waals surface area (Å²) in [4.78, 5) is 0. The van der Waals surface area contributed by atoms with Crippen molar-refractivity contribution >= 4 is 0 Å². The Bertz CT molecular complexity index is 642. The van der Waals surface area contributed by atoms with Crippen molar-refractivity contribution in [1.29, 1.82) is 0 Å². The number of aryl methyl sites for hydroxylation is 1. The lowest BCUT2D eigenvalue weighted by atomic mass is 9.93. The van der Waals surface area contributed by atoms with Crippen LogP contribution in [0.4, 0.5) is 0 Å². The molecule has 0 spiro atoms. The number of fused-ring (bicyclic) bond motifs is 1. The highest BCUT2D eigenvalue weighted by Gasteiger charge is 2.12. The molecule has 21 heavy (non-hydrogen) atoms. The minimum atomic E-state index is 0.213. The first-order valence-electron chi connectivity index (χ1n) is 7.48. The van der Waals surface area contributed by atoms with Gasteiger partial charge in [0.15, 0.2) is 0 Å². The first-order valence-corrected chi connectivity index (χ1v) is 7.48. The van der Waals surface area contributed by atoms with Gasteiger partial charge in [-0.25, -0.2) is 0 Å². The Morgan fingerprint density at radius 2 is 1.86 bits per heavy atom. The first kappa shape index (κ1) is 13.9. The lowest BCUT2D eigenvalue weighted by Gasteiger charge is -2.14. The molecule has 2 aliphatic rings. The van der Waals surface area contributed by atoms with Gasteiger partial charge >= 0.3 is 0 Å². The summed E-state index contributed by atoms with van der Waals surface area (Å²) in [5.74, 6) is 0.238. The van der Waals surface area contributed by atoms with Gasteiger partial charge < -0.3 is 9.52 Å². The van der Waals surface area contributed by atoms with Crippen LogP contribution in [-0.2, 0) is 6.42 Å². The molecule has 2 heteroatoms. The largest absolute Gasteiger partial charge is 0.472 e. The topological polar surface area (TPSA) is 33.4 Å². The van der Waals surface area contributed by atoms with Crippen molar-refractivity contribution in [2.24, 2.45) is 0 Å². The second-order valence-corrected chi connectivity index (χ2v) is 5.47. The Kier molecular flexibility index (Phi) is 4.37. The molecule has 1 N–H and O–H groups in total. The molecule has 0 bridgehead atoms. The minimum absolute atomic E-state index is 0.213. The summed E-state index contributed by atoms with van der Waals surface area (Å²) < 4.78 is 5.19. The van der Waals surface area contributed by atoms with Crippen molar-refractivity contribution in [3.05, 3.63) is 72.2 Å². The molecule has 1 aliphatic carbocycles. The van der Waals surface area contributed by atoms with Crippen molar-refractivity contribution in [1.82, 2.24) is 0 Å². The van der Waals surface area contributed by atoms with E-state index in [1.807, 2.05) is 24.3 Å². The molecule has 1 aromatic rings. The van der Waals surface area contributed by atoms with E-state index in [0.717, 1.165) is 24.8 Å². The average molecular weight is 280 g/mol. The maximum absolute atomic E-state index is 9.60. The Labute approximate surface area is 125 Å². The van der Waals surface area contributed by atoms with E-state index in [1.165, 1.54) is 16.7 Å². The summed E-state index contributed by atoms with van der Waals surface area (Å²) in [5.41, 5.74) is 5.03. The number of rotatable bonds is 6. The number of aliphatic hydroxyl groups excluding tert-OH is 1. The molecule has 0 unspecified atom stereocenters. The molecule has 1 aromatic carbocycles. The first-order chi connectivity index (χ1) is 10.4. The van der Waals surface area contributed by atoms with Crippen LogP contribution >= 0.6 is 0 Å². The molecule has 0 saturated heterocycles. The fourth-order valence-electron chi connectivity index (χ4n) is 2.93. The SMILES string of the molecule is OC[C@H](CCCc1ccc2coccc1-2)c1ccccc1. The highest BCUT2D eigenvalue weighted by molar-refractivity contribution is 5.69. The molecule has 1 heterocycles. The van der Waals surface area contributed by atoms with Crippen molar-refractivity contribution < 1.29 is 9.52 Å². The van der Waals surface area contributed by atoms with Gasteiger partial charge in [0.1, 0.15) is 0 Å². The minimum Gasteiger partial charge on any atom is -0.472 e. The molecule has 0 amide bonds. The van der Waals surface area contributed by atoms with Crippen molar-refractivity contribution in [3.8, 4) is 11.1 Å². The van der Waals surface area contributed by atoms with E-state index in [9.17, 15) is 5.11 Å². The van der Waals surface area contributed by atoms with Gasteiger partial charge in [-0.05, 0) is 42.0 Å². The van der Waals surface area contributed by atoms with Crippen LogP contribution in [0.2, 0.25) is 0 Å².